The van der Waals surface area contributed by atoms with Crippen LogP contribution in [0, 0.1) is 23.3 Å². The lowest BCUT2D eigenvalue weighted by Crippen LogP contribution is -1.98. The van der Waals surface area contributed by atoms with Crippen LogP contribution in [0.2, 0.25) is 0 Å². The maximum absolute atomic E-state index is 12.8. The van der Waals surface area contributed by atoms with Gasteiger partial charge in [-0.2, -0.15) is 0 Å². The average Bonchev–Trinajstić information content (AvgIpc) is 2.09. The minimum absolute atomic E-state index is 0.0379. The molecule has 1 rings (SSSR count). The summed E-state index contributed by atoms with van der Waals surface area (Å²) < 4.78 is 62.7. The van der Waals surface area contributed by atoms with E-state index in [9.17, 15) is 22.0 Å². The van der Waals surface area contributed by atoms with Crippen LogP contribution >= 0.6 is 23.4 Å². The van der Waals surface area contributed by atoms with Crippen molar-refractivity contribution in [2.45, 2.75) is 9.86 Å². The first-order valence-electron chi connectivity index (χ1n) is 3.21. The lowest BCUT2D eigenvalue weighted by atomic mass is 10.3. The summed E-state index contributed by atoms with van der Waals surface area (Å²) in [6.07, 6.45) is 0. The van der Waals surface area contributed by atoms with Crippen molar-refractivity contribution < 1.29 is 22.0 Å². The summed E-state index contributed by atoms with van der Waals surface area (Å²) in [5.74, 6) is -6.50. The Morgan fingerprint density at radius 3 is 1.86 bits per heavy atom. The second kappa shape index (κ2) is 4.35. The number of benzene rings is 1. The van der Waals surface area contributed by atoms with Crippen LogP contribution in [-0.4, -0.2) is 4.96 Å². The molecule has 0 nitrogen and oxygen atoms in total. The number of halogens is 6. The van der Waals surface area contributed by atoms with E-state index in [0.29, 0.717) is 0 Å². The maximum atomic E-state index is 12.8. The molecule has 0 heterocycles. The Hall–Kier alpha value is -0.490. The summed E-state index contributed by atoms with van der Waals surface area (Å²) in [6.45, 7) is 0. The molecule has 1 atom stereocenters. The van der Waals surface area contributed by atoms with Crippen LogP contribution in [0.3, 0.4) is 0 Å². The molecule has 0 saturated carbocycles. The van der Waals surface area contributed by atoms with E-state index in [4.69, 9.17) is 11.6 Å². The fraction of sp³-hybridized carbons (Fsp3) is 0.143. The van der Waals surface area contributed by atoms with Gasteiger partial charge in [-0.05, 0) is 0 Å². The van der Waals surface area contributed by atoms with Crippen molar-refractivity contribution >= 4 is 23.4 Å². The summed E-state index contributed by atoms with van der Waals surface area (Å²) in [6, 6.07) is 0.0379. The van der Waals surface area contributed by atoms with E-state index >= 15 is 0 Å². The van der Waals surface area contributed by atoms with Gasteiger partial charge in [0.05, 0.1) is 4.90 Å². The number of hydrogen-bond acceptors (Lipinski definition) is 1. The van der Waals surface area contributed by atoms with Crippen molar-refractivity contribution in [1.82, 2.24) is 0 Å². The van der Waals surface area contributed by atoms with Gasteiger partial charge in [0.2, 0.25) is 4.96 Å². The highest BCUT2D eigenvalue weighted by Gasteiger charge is 2.21. The lowest BCUT2D eigenvalue weighted by molar-refractivity contribution is 0.424. The third kappa shape index (κ3) is 2.30. The van der Waals surface area contributed by atoms with Gasteiger partial charge in [0, 0.05) is 6.07 Å². The Kier molecular flexibility index (Phi) is 3.60. The smallest absolute Gasteiger partial charge is 0.217 e. The molecule has 1 aromatic carbocycles. The summed E-state index contributed by atoms with van der Waals surface area (Å²) in [5, 5.41) is 0. The molecular formula is C7H2ClF5S. The van der Waals surface area contributed by atoms with E-state index in [1.54, 1.807) is 0 Å². The highest BCUT2D eigenvalue weighted by molar-refractivity contribution is 8.00. The topological polar surface area (TPSA) is 0 Å². The maximum Gasteiger partial charge on any atom is 0.224 e. The summed E-state index contributed by atoms with van der Waals surface area (Å²) >= 11 is 4.63. The van der Waals surface area contributed by atoms with E-state index in [1.165, 1.54) is 0 Å². The zero-order chi connectivity index (χ0) is 10.9. The molecule has 1 unspecified atom stereocenters. The molecule has 0 aliphatic heterocycles. The normalized spacial score (nSPS) is 13.0. The molecule has 0 amide bonds. The van der Waals surface area contributed by atoms with Gasteiger partial charge in [-0.15, -0.1) is 0 Å². The van der Waals surface area contributed by atoms with Crippen LogP contribution in [0.25, 0.3) is 0 Å². The number of alkyl halides is 2. The van der Waals surface area contributed by atoms with Crippen molar-refractivity contribution in [2.24, 2.45) is 0 Å². The highest BCUT2D eigenvalue weighted by Crippen LogP contribution is 2.33. The Bertz CT molecular complexity index is 328. The number of hydrogen-bond donors (Lipinski definition) is 0. The molecule has 0 fully saturated rings. The summed E-state index contributed by atoms with van der Waals surface area (Å²) in [4.78, 5) is -3.29. The van der Waals surface area contributed by atoms with Crippen LogP contribution in [0.5, 0.6) is 0 Å². The molecule has 0 spiro atoms. The van der Waals surface area contributed by atoms with Gasteiger partial charge in [-0.25, -0.2) is 22.0 Å². The van der Waals surface area contributed by atoms with Gasteiger partial charge < -0.3 is 0 Å². The van der Waals surface area contributed by atoms with E-state index in [2.05, 4.69) is 0 Å². The van der Waals surface area contributed by atoms with Gasteiger partial charge in [-0.1, -0.05) is 23.4 Å². The minimum atomic E-state index is -2.18. The number of thioether (sulfide) groups is 1. The molecule has 0 radical (unpaired) electrons. The second-order valence-electron chi connectivity index (χ2n) is 2.18. The SMILES string of the molecule is Fc1cc(F)c(F)c(SC(F)Cl)c1F. The van der Waals surface area contributed by atoms with Crippen LogP contribution in [0.1, 0.15) is 0 Å². The largest absolute Gasteiger partial charge is 0.224 e. The molecule has 0 aliphatic carbocycles. The Morgan fingerprint density at radius 2 is 1.50 bits per heavy atom. The first-order chi connectivity index (χ1) is 6.43. The Labute approximate surface area is 85.1 Å². The highest BCUT2D eigenvalue weighted by atomic mass is 35.5. The van der Waals surface area contributed by atoms with Crippen LogP contribution in [0.15, 0.2) is 11.0 Å². The van der Waals surface area contributed by atoms with Crippen molar-refractivity contribution in [3.05, 3.63) is 29.3 Å². The van der Waals surface area contributed by atoms with Crippen LogP contribution in [-0.2, 0) is 0 Å². The van der Waals surface area contributed by atoms with Gasteiger partial charge >= 0.3 is 0 Å². The quantitative estimate of drug-likeness (QED) is 0.332. The van der Waals surface area contributed by atoms with E-state index < -0.39 is 33.1 Å². The molecular weight excluding hydrogens is 247 g/mol. The van der Waals surface area contributed by atoms with Crippen molar-refractivity contribution in [2.75, 3.05) is 0 Å². The monoisotopic (exact) mass is 248 g/mol. The molecule has 1 aromatic rings. The molecule has 0 aromatic heterocycles. The third-order valence-corrected chi connectivity index (χ3v) is 2.32. The zero-order valence-electron chi connectivity index (χ0n) is 6.33. The predicted octanol–water partition coefficient (Wildman–Crippen LogP) is 3.83. The van der Waals surface area contributed by atoms with Crippen molar-refractivity contribution in [1.29, 1.82) is 0 Å². The zero-order valence-corrected chi connectivity index (χ0v) is 7.90. The standard InChI is InChI=1S/C7H2ClF5S/c8-7(13)14-6-4(11)2(9)1-3(10)5(6)12/h1,7H. The van der Waals surface area contributed by atoms with Gasteiger partial charge in [0.15, 0.2) is 23.3 Å². The fourth-order valence-corrected chi connectivity index (χ4v) is 1.59. The Morgan fingerprint density at radius 1 is 1.07 bits per heavy atom. The van der Waals surface area contributed by atoms with E-state index in [0.717, 1.165) is 0 Å². The predicted molar refractivity (Wildman–Crippen MR) is 42.9 cm³/mol. The van der Waals surface area contributed by atoms with Crippen LogP contribution in [0.4, 0.5) is 22.0 Å². The first kappa shape index (κ1) is 11.6. The summed E-state index contributed by atoms with van der Waals surface area (Å²) in [7, 11) is 0. The third-order valence-electron chi connectivity index (χ3n) is 1.28. The Balaban J connectivity index is 3.25. The van der Waals surface area contributed by atoms with Gasteiger partial charge in [0.1, 0.15) is 0 Å². The first-order valence-corrected chi connectivity index (χ1v) is 4.53. The van der Waals surface area contributed by atoms with E-state index in [1.807, 2.05) is 0 Å². The van der Waals surface area contributed by atoms with Gasteiger partial charge in [0.25, 0.3) is 0 Å². The molecule has 7 heteroatoms. The van der Waals surface area contributed by atoms with Crippen LogP contribution < -0.4 is 0 Å². The fourth-order valence-electron chi connectivity index (χ4n) is 0.744. The van der Waals surface area contributed by atoms with Gasteiger partial charge in [-0.3, -0.25) is 0 Å². The molecule has 0 N–H and O–H groups in total. The molecule has 0 aliphatic rings. The lowest BCUT2D eigenvalue weighted by Gasteiger charge is -2.05. The van der Waals surface area contributed by atoms with Crippen molar-refractivity contribution in [3.8, 4) is 0 Å². The second-order valence-corrected chi connectivity index (χ2v) is 3.88. The van der Waals surface area contributed by atoms with E-state index in [-0.39, 0.29) is 17.8 Å². The molecule has 14 heavy (non-hydrogen) atoms. The summed E-state index contributed by atoms with van der Waals surface area (Å²) in [5.41, 5.74) is 0. The number of rotatable bonds is 2. The molecule has 78 valence electrons. The average molecular weight is 249 g/mol. The minimum Gasteiger partial charge on any atom is -0.217 e. The molecule has 0 bridgehead atoms. The molecule has 0 saturated heterocycles. The van der Waals surface area contributed by atoms with Crippen molar-refractivity contribution in [3.63, 3.8) is 0 Å².